The number of benzene rings is 1. The lowest BCUT2D eigenvalue weighted by Crippen LogP contribution is -2.07. The van der Waals surface area contributed by atoms with Crippen molar-refractivity contribution in [3.63, 3.8) is 0 Å². The van der Waals surface area contributed by atoms with Crippen molar-refractivity contribution in [2.75, 3.05) is 0 Å². The predicted octanol–water partition coefficient (Wildman–Crippen LogP) is 9.75. The molecule has 3 nitrogen and oxygen atoms in total. The SMILES string of the molecule is C=C(C)C.CC(=O)OC(C)C.CCC/C(C(=O)CCc1ccccc1-c1ccc(Br)s1)=C(/C)CC. The van der Waals surface area contributed by atoms with E-state index in [1.165, 1.54) is 34.1 Å². The molecule has 194 valence electrons. The van der Waals surface area contributed by atoms with Crippen LogP contribution in [0.4, 0.5) is 0 Å². The standard InChI is InChI=1S/C21H25BrOS.C5H10O2.C4H8/c1-4-8-17(15(3)5-2)19(23)12-11-16-9-6-7-10-18(16)20-13-14-21(22)24-20;1-4(2)7-5(3)6;1-4(2)3/h6-7,9-10,13-14H,4-5,8,11-12H2,1-3H3;4H,1-3H3;1H2,2-3H3/b17-15+;;. The third-order valence-electron chi connectivity index (χ3n) is 4.76. The van der Waals surface area contributed by atoms with E-state index in [9.17, 15) is 9.59 Å². The Balaban J connectivity index is 0.000000878. The number of rotatable bonds is 9. The first-order chi connectivity index (χ1) is 16.4. The van der Waals surface area contributed by atoms with Crippen molar-refractivity contribution in [2.24, 2.45) is 0 Å². The molecule has 0 spiro atoms. The molecule has 1 aromatic carbocycles. The molecule has 0 amide bonds. The Labute approximate surface area is 225 Å². The van der Waals surface area contributed by atoms with Crippen LogP contribution in [-0.4, -0.2) is 17.9 Å². The quantitative estimate of drug-likeness (QED) is 0.173. The van der Waals surface area contributed by atoms with Crippen LogP contribution in [0.3, 0.4) is 0 Å². The first-order valence-corrected chi connectivity index (χ1v) is 13.9. The van der Waals surface area contributed by atoms with Gasteiger partial charge in [0.25, 0.3) is 0 Å². The van der Waals surface area contributed by atoms with Crippen LogP contribution in [-0.2, 0) is 20.7 Å². The second-order valence-electron chi connectivity index (χ2n) is 8.91. The molecule has 1 aromatic heterocycles. The van der Waals surface area contributed by atoms with Gasteiger partial charge in [-0.2, -0.15) is 0 Å². The lowest BCUT2D eigenvalue weighted by molar-refractivity contribution is -0.144. The zero-order valence-corrected chi connectivity index (χ0v) is 25.2. The first-order valence-electron chi connectivity index (χ1n) is 12.3. The van der Waals surface area contributed by atoms with Crippen molar-refractivity contribution < 1.29 is 14.3 Å². The number of ether oxygens (including phenoxy) is 1. The smallest absolute Gasteiger partial charge is 0.302 e. The van der Waals surface area contributed by atoms with Crippen LogP contribution in [0, 0.1) is 0 Å². The Kier molecular flexibility index (Phi) is 17.3. The summed E-state index contributed by atoms with van der Waals surface area (Å²) in [5.41, 5.74) is 5.97. The molecule has 0 N–H and O–H groups in total. The molecule has 5 heteroatoms. The highest BCUT2D eigenvalue weighted by molar-refractivity contribution is 9.11. The number of aryl methyl sites for hydroxylation is 1. The molecule has 2 rings (SSSR count). The maximum absolute atomic E-state index is 12.7. The van der Waals surface area contributed by atoms with Gasteiger partial charge in [0, 0.05) is 18.2 Å². The molecule has 2 aromatic rings. The summed E-state index contributed by atoms with van der Waals surface area (Å²) in [5, 5.41) is 0. The third-order valence-corrected chi connectivity index (χ3v) is 6.42. The summed E-state index contributed by atoms with van der Waals surface area (Å²) in [6, 6.07) is 12.6. The number of ketones is 1. The monoisotopic (exact) mass is 562 g/mol. The van der Waals surface area contributed by atoms with Crippen LogP contribution in [0.2, 0.25) is 0 Å². The molecule has 0 saturated carbocycles. The highest BCUT2D eigenvalue weighted by atomic mass is 79.9. The zero-order chi connectivity index (χ0) is 27.0. The molecule has 1 heterocycles. The van der Waals surface area contributed by atoms with E-state index in [1.54, 1.807) is 11.3 Å². The second-order valence-corrected chi connectivity index (χ2v) is 11.4. The van der Waals surface area contributed by atoms with Crippen LogP contribution in [0.5, 0.6) is 0 Å². The van der Waals surface area contributed by atoms with Crippen LogP contribution < -0.4 is 0 Å². The molecule has 0 radical (unpaired) electrons. The highest BCUT2D eigenvalue weighted by Crippen LogP contribution is 2.34. The number of hydrogen-bond acceptors (Lipinski definition) is 4. The molecule has 0 fully saturated rings. The van der Waals surface area contributed by atoms with Crippen LogP contribution >= 0.6 is 27.3 Å². The fourth-order valence-electron chi connectivity index (χ4n) is 3.22. The molecule has 0 bridgehead atoms. The van der Waals surface area contributed by atoms with Crippen molar-refractivity contribution in [3.05, 3.63) is 69.0 Å². The molecular formula is C30H43BrO3S. The van der Waals surface area contributed by atoms with Gasteiger partial charge in [-0.3, -0.25) is 9.59 Å². The van der Waals surface area contributed by atoms with Crippen LogP contribution in [0.25, 0.3) is 10.4 Å². The minimum Gasteiger partial charge on any atom is -0.463 e. The first kappa shape index (κ1) is 33.0. The number of hydrogen-bond donors (Lipinski definition) is 0. The molecule has 0 unspecified atom stereocenters. The maximum Gasteiger partial charge on any atom is 0.302 e. The Morgan fingerprint density at radius 1 is 1.00 bits per heavy atom. The number of esters is 1. The van der Waals surface area contributed by atoms with Crippen molar-refractivity contribution in [3.8, 4) is 10.4 Å². The van der Waals surface area contributed by atoms with Gasteiger partial charge < -0.3 is 4.74 Å². The summed E-state index contributed by atoms with van der Waals surface area (Å²) in [4.78, 5) is 24.0. The van der Waals surface area contributed by atoms with Gasteiger partial charge in [-0.05, 0) is 98.6 Å². The summed E-state index contributed by atoms with van der Waals surface area (Å²) >= 11 is 5.27. The number of halogens is 1. The fourth-order valence-corrected chi connectivity index (χ4v) is 4.67. The number of Topliss-reactive ketones (excluding diaryl/α,β-unsaturated/α-hetero) is 1. The minimum atomic E-state index is -0.213. The van der Waals surface area contributed by atoms with Crippen molar-refractivity contribution in [2.45, 2.75) is 93.6 Å². The Morgan fingerprint density at radius 2 is 1.60 bits per heavy atom. The van der Waals surface area contributed by atoms with Gasteiger partial charge in [-0.1, -0.05) is 55.7 Å². The van der Waals surface area contributed by atoms with Crippen molar-refractivity contribution in [1.29, 1.82) is 0 Å². The topological polar surface area (TPSA) is 43.4 Å². The third kappa shape index (κ3) is 14.9. The molecule has 0 atom stereocenters. The lowest BCUT2D eigenvalue weighted by Gasteiger charge is -2.11. The zero-order valence-electron chi connectivity index (χ0n) is 22.8. The molecule has 35 heavy (non-hydrogen) atoms. The fraction of sp³-hybridized carbons (Fsp3) is 0.467. The van der Waals surface area contributed by atoms with Gasteiger partial charge in [-0.25, -0.2) is 0 Å². The van der Waals surface area contributed by atoms with Gasteiger partial charge in [0.2, 0.25) is 0 Å². The van der Waals surface area contributed by atoms with Crippen molar-refractivity contribution >= 4 is 39.0 Å². The normalized spacial score (nSPS) is 10.9. The average Bonchev–Trinajstić information content (AvgIpc) is 3.20. The number of allylic oxidation sites excluding steroid dienone is 3. The van der Waals surface area contributed by atoms with E-state index in [2.05, 4.69) is 84.4 Å². The summed E-state index contributed by atoms with van der Waals surface area (Å²) in [6.45, 7) is 18.9. The average molecular weight is 564 g/mol. The van der Waals surface area contributed by atoms with E-state index in [0.717, 1.165) is 35.0 Å². The number of carbonyl (C=O) groups is 2. The van der Waals surface area contributed by atoms with Gasteiger partial charge in [0.15, 0.2) is 5.78 Å². The largest absolute Gasteiger partial charge is 0.463 e. The van der Waals surface area contributed by atoms with Gasteiger partial charge >= 0.3 is 5.97 Å². The molecule has 0 aliphatic heterocycles. The predicted molar refractivity (Wildman–Crippen MR) is 156 cm³/mol. The van der Waals surface area contributed by atoms with Gasteiger partial charge in [0.05, 0.1) is 9.89 Å². The minimum absolute atomic E-state index is 0.0255. The number of carbonyl (C=O) groups excluding carboxylic acids is 2. The molecule has 0 aliphatic carbocycles. The second kappa shape index (κ2) is 18.3. The Morgan fingerprint density at radius 3 is 2.03 bits per heavy atom. The summed E-state index contributed by atoms with van der Waals surface area (Å²) in [7, 11) is 0. The van der Waals surface area contributed by atoms with Crippen LogP contribution in [0.15, 0.2) is 63.5 Å². The van der Waals surface area contributed by atoms with E-state index in [0.29, 0.717) is 12.2 Å². The molecule has 0 saturated heterocycles. The highest BCUT2D eigenvalue weighted by Gasteiger charge is 2.14. The summed E-state index contributed by atoms with van der Waals surface area (Å²) in [5.74, 6) is 0.105. The summed E-state index contributed by atoms with van der Waals surface area (Å²) < 4.78 is 5.75. The number of thiophene rings is 1. The van der Waals surface area contributed by atoms with Gasteiger partial charge in [-0.15, -0.1) is 17.9 Å². The van der Waals surface area contributed by atoms with E-state index >= 15 is 0 Å². The summed E-state index contributed by atoms with van der Waals surface area (Å²) in [6.07, 6.45) is 4.31. The van der Waals surface area contributed by atoms with Crippen LogP contribution in [0.1, 0.15) is 86.6 Å². The van der Waals surface area contributed by atoms with E-state index in [4.69, 9.17) is 0 Å². The lowest BCUT2D eigenvalue weighted by atomic mass is 9.93. The molecule has 0 aliphatic rings. The van der Waals surface area contributed by atoms with E-state index in [-0.39, 0.29) is 12.1 Å². The Hall–Kier alpha value is -1.98. The maximum atomic E-state index is 12.7. The Bertz CT molecular complexity index is 965. The van der Waals surface area contributed by atoms with Crippen molar-refractivity contribution in [1.82, 2.24) is 0 Å². The molecular weight excluding hydrogens is 520 g/mol. The van der Waals surface area contributed by atoms with E-state index in [1.807, 2.05) is 27.7 Å². The van der Waals surface area contributed by atoms with Gasteiger partial charge in [0.1, 0.15) is 0 Å². The van der Waals surface area contributed by atoms with E-state index < -0.39 is 0 Å².